The molecule has 0 atom stereocenters. The molecule has 1 heterocycles. The summed E-state index contributed by atoms with van der Waals surface area (Å²) in [5.41, 5.74) is 1.98. The van der Waals surface area contributed by atoms with Gasteiger partial charge in [-0.15, -0.1) is 0 Å². The van der Waals surface area contributed by atoms with E-state index in [1.165, 1.54) is 0 Å². The number of carbonyl (C=O) groups is 1. The first-order valence-corrected chi connectivity index (χ1v) is 8.06. The van der Waals surface area contributed by atoms with E-state index < -0.39 is 0 Å². The number of urea groups is 1. The van der Waals surface area contributed by atoms with Crippen molar-refractivity contribution < 1.29 is 13.9 Å². The molecule has 5 nitrogen and oxygen atoms in total. The van der Waals surface area contributed by atoms with Gasteiger partial charge in [-0.05, 0) is 44.0 Å². The van der Waals surface area contributed by atoms with Gasteiger partial charge in [0, 0.05) is 13.6 Å². The van der Waals surface area contributed by atoms with Gasteiger partial charge in [0.1, 0.15) is 5.76 Å². The number of hydrogen-bond acceptors (Lipinski definition) is 3. The van der Waals surface area contributed by atoms with Gasteiger partial charge in [0.05, 0.1) is 25.0 Å². The fraction of sp³-hybridized carbons (Fsp3) is 0.421. The molecular weight excluding hydrogens is 304 g/mol. The quantitative estimate of drug-likeness (QED) is 0.873. The normalized spacial score (nSPS) is 11.3. The first-order chi connectivity index (χ1) is 11.3. The summed E-state index contributed by atoms with van der Waals surface area (Å²) in [4.78, 5) is 13.7. The molecule has 0 aliphatic carbocycles. The van der Waals surface area contributed by atoms with Crippen molar-refractivity contribution in [3.05, 3.63) is 59.5 Å². The standard InChI is InChI=1S/C19H26N2O3/c1-19(2,3)24-14-16-8-5-7-15(11-16)12-20-18(22)21(4)13-17-9-6-10-23-17/h5-11H,12-14H2,1-4H3,(H,20,22). The van der Waals surface area contributed by atoms with Crippen LogP contribution < -0.4 is 5.32 Å². The Hall–Kier alpha value is -2.27. The van der Waals surface area contributed by atoms with Gasteiger partial charge in [0.25, 0.3) is 0 Å². The second-order valence-corrected chi connectivity index (χ2v) is 6.82. The molecule has 24 heavy (non-hydrogen) atoms. The van der Waals surface area contributed by atoms with Crippen LogP contribution in [0.4, 0.5) is 4.79 Å². The molecule has 1 aromatic carbocycles. The van der Waals surface area contributed by atoms with Crippen molar-refractivity contribution in [2.24, 2.45) is 0 Å². The predicted octanol–water partition coefficient (Wildman–Crippen LogP) is 3.94. The second-order valence-electron chi connectivity index (χ2n) is 6.82. The third-order valence-electron chi connectivity index (χ3n) is 3.43. The molecule has 0 radical (unpaired) electrons. The highest BCUT2D eigenvalue weighted by molar-refractivity contribution is 5.73. The molecule has 2 aromatic rings. The number of benzene rings is 1. The van der Waals surface area contributed by atoms with Crippen LogP contribution in [0.25, 0.3) is 0 Å². The maximum atomic E-state index is 12.1. The van der Waals surface area contributed by atoms with Crippen molar-refractivity contribution in [1.29, 1.82) is 0 Å². The summed E-state index contributed by atoms with van der Waals surface area (Å²) < 4.78 is 11.0. The molecule has 0 spiro atoms. The molecule has 0 aliphatic heterocycles. The van der Waals surface area contributed by atoms with Gasteiger partial charge in [0.2, 0.25) is 0 Å². The summed E-state index contributed by atoms with van der Waals surface area (Å²) in [5, 5.41) is 2.92. The Balaban J connectivity index is 1.83. The van der Waals surface area contributed by atoms with Crippen molar-refractivity contribution in [3.63, 3.8) is 0 Å². The summed E-state index contributed by atoms with van der Waals surface area (Å²) >= 11 is 0. The third kappa shape index (κ3) is 6.08. The van der Waals surface area contributed by atoms with Crippen molar-refractivity contribution in [3.8, 4) is 0 Å². The number of nitrogens with one attached hydrogen (secondary N) is 1. The predicted molar refractivity (Wildman–Crippen MR) is 93.4 cm³/mol. The van der Waals surface area contributed by atoms with Crippen LogP contribution in [0.15, 0.2) is 47.1 Å². The van der Waals surface area contributed by atoms with Crippen LogP contribution in [0.2, 0.25) is 0 Å². The Morgan fingerprint density at radius 2 is 1.96 bits per heavy atom. The van der Waals surface area contributed by atoms with E-state index in [2.05, 4.69) is 11.4 Å². The van der Waals surface area contributed by atoms with Gasteiger partial charge >= 0.3 is 6.03 Å². The first-order valence-electron chi connectivity index (χ1n) is 8.06. The van der Waals surface area contributed by atoms with E-state index >= 15 is 0 Å². The number of rotatable bonds is 6. The Morgan fingerprint density at radius 3 is 2.62 bits per heavy atom. The number of ether oxygens (including phenoxy) is 1. The number of amides is 2. The van der Waals surface area contributed by atoms with Crippen LogP contribution in [0.5, 0.6) is 0 Å². The van der Waals surface area contributed by atoms with Crippen LogP contribution in [0.1, 0.15) is 37.7 Å². The first kappa shape index (κ1) is 18.1. The molecular formula is C19H26N2O3. The minimum Gasteiger partial charge on any atom is -0.467 e. The van der Waals surface area contributed by atoms with E-state index in [0.29, 0.717) is 19.7 Å². The zero-order valence-electron chi connectivity index (χ0n) is 14.8. The third-order valence-corrected chi connectivity index (χ3v) is 3.43. The molecule has 130 valence electrons. The molecule has 0 saturated carbocycles. The van der Waals surface area contributed by atoms with Gasteiger partial charge in [-0.3, -0.25) is 0 Å². The van der Waals surface area contributed by atoms with Crippen LogP contribution >= 0.6 is 0 Å². The van der Waals surface area contributed by atoms with Crippen LogP contribution in [-0.2, 0) is 24.4 Å². The summed E-state index contributed by atoms with van der Waals surface area (Å²) in [6, 6.07) is 11.6. The van der Waals surface area contributed by atoms with E-state index in [1.54, 1.807) is 18.2 Å². The summed E-state index contributed by atoms with van der Waals surface area (Å²) in [7, 11) is 1.74. The summed E-state index contributed by atoms with van der Waals surface area (Å²) in [6.45, 7) is 7.58. The van der Waals surface area contributed by atoms with Crippen LogP contribution in [0, 0.1) is 0 Å². The minimum atomic E-state index is -0.168. The number of carbonyl (C=O) groups excluding carboxylic acids is 1. The van der Waals surface area contributed by atoms with Gasteiger partial charge in [-0.1, -0.05) is 24.3 Å². The Kier molecular flexibility index (Phi) is 6.04. The van der Waals surface area contributed by atoms with E-state index in [1.807, 2.05) is 51.1 Å². The lowest BCUT2D eigenvalue weighted by Gasteiger charge is -2.20. The monoisotopic (exact) mass is 330 g/mol. The average Bonchev–Trinajstić information content (AvgIpc) is 3.03. The van der Waals surface area contributed by atoms with Crippen molar-refractivity contribution >= 4 is 6.03 Å². The largest absolute Gasteiger partial charge is 0.467 e. The van der Waals surface area contributed by atoms with E-state index in [9.17, 15) is 4.79 Å². The van der Waals surface area contributed by atoms with Gasteiger partial charge in [-0.25, -0.2) is 4.79 Å². The molecule has 2 rings (SSSR count). The molecule has 0 saturated heterocycles. The topological polar surface area (TPSA) is 54.7 Å². The maximum absolute atomic E-state index is 12.1. The number of furan rings is 1. The Morgan fingerprint density at radius 1 is 1.21 bits per heavy atom. The van der Waals surface area contributed by atoms with Gasteiger partial charge < -0.3 is 19.4 Å². The molecule has 0 fully saturated rings. The molecule has 5 heteroatoms. The fourth-order valence-electron chi connectivity index (χ4n) is 2.15. The van der Waals surface area contributed by atoms with Crippen molar-refractivity contribution in [2.75, 3.05) is 7.05 Å². The minimum absolute atomic E-state index is 0.136. The zero-order chi connectivity index (χ0) is 17.6. The van der Waals surface area contributed by atoms with Crippen LogP contribution in [0.3, 0.4) is 0 Å². The average molecular weight is 330 g/mol. The Labute approximate surface area is 143 Å². The number of hydrogen-bond donors (Lipinski definition) is 1. The number of nitrogens with zero attached hydrogens (tertiary/aromatic N) is 1. The molecule has 1 aromatic heterocycles. The molecule has 2 amide bonds. The molecule has 0 unspecified atom stereocenters. The van der Waals surface area contributed by atoms with Gasteiger partial charge in [-0.2, -0.15) is 0 Å². The lowest BCUT2D eigenvalue weighted by molar-refractivity contribution is -0.0149. The Bertz CT molecular complexity index is 645. The zero-order valence-corrected chi connectivity index (χ0v) is 14.8. The highest BCUT2D eigenvalue weighted by Crippen LogP contribution is 2.13. The van der Waals surface area contributed by atoms with Gasteiger partial charge in [0.15, 0.2) is 0 Å². The van der Waals surface area contributed by atoms with E-state index in [-0.39, 0.29) is 11.6 Å². The molecule has 0 bridgehead atoms. The van der Waals surface area contributed by atoms with E-state index in [4.69, 9.17) is 9.15 Å². The lowest BCUT2D eigenvalue weighted by Crippen LogP contribution is -2.36. The second kappa shape index (κ2) is 8.02. The summed E-state index contributed by atoms with van der Waals surface area (Å²) in [5.74, 6) is 0.758. The van der Waals surface area contributed by atoms with Crippen molar-refractivity contribution in [1.82, 2.24) is 10.2 Å². The molecule has 0 aliphatic rings. The lowest BCUT2D eigenvalue weighted by atomic mass is 10.1. The smallest absolute Gasteiger partial charge is 0.317 e. The SMILES string of the molecule is CN(Cc1ccco1)C(=O)NCc1cccc(COC(C)(C)C)c1. The highest BCUT2D eigenvalue weighted by atomic mass is 16.5. The highest BCUT2D eigenvalue weighted by Gasteiger charge is 2.11. The van der Waals surface area contributed by atoms with E-state index in [0.717, 1.165) is 16.9 Å². The maximum Gasteiger partial charge on any atom is 0.317 e. The van der Waals surface area contributed by atoms with Crippen LogP contribution in [-0.4, -0.2) is 23.6 Å². The molecule has 1 N–H and O–H groups in total. The van der Waals surface area contributed by atoms with Crippen molar-refractivity contribution in [2.45, 2.75) is 46.1 Å². The fourth-order valence-corrected chi connectivity index (χ4v) is 2.15. The summed E-state index contributed by atoms with van der Waals surface area (Å²) in [6.07, 6.45) is 1.60.